The average molecular weight is 296 g/mol. The molecular weight excluding hydrogens is 276 g/mol. The summed E-state index contributed by atoms with van der Waals surface area (Å²) in [6.07, 6.45) is 3.68. The van der Waals surface area contributed by atoms with Gasteiger partial charge >= 0.3 is 17.0 Å². The molecule has 0 atom stereocenters. The second kappa shape index (κ2) is 3.61. The van der Waals surface area contributed by atoms with E-state index in [2.05, 4.69) is 45.7 Å². The van der Waals surface area contributed by atoms with E-state index in [4.69, 9.17) is 4.12 Å². The van der Waals surface area contributed by atoms with Crippen LogP contribution in [0.2, 0.25) is 26.2 Å². The third kappa shape index (κ3) is 1.65. The quantitative estimate of drug-likeness (QED) is 0.622. The first-order chi connectivity index (χ1) is 8.74. The minimum absolute atomic E-state index is 1.06. The Hall–Kier alpha value is -1.33. The molecule has 104 valence electrons. The van der Waals surface area contributed by atoms with Gasteiger partial charge in [-0.05, 0) is 26.2 Å². The molecule has 0 unspecified atom stereocenters. The van der Waals surface area contributed by atoms with Gasteiger partial charge in [0.05, 0.1) is 0 Å². The molecule has 0 saturated heterocycles. The predicted molar refractivity (Wildman–Crippen MR) is 79.3 cm³/mol. The van der Waals surface area contributed by atoms with Crippen molar-refractivity contribution in [3.05, 3.63) is 11.6 Å². The highest BCUT2D eigenvalue weighted by Gasteiger charge is 2.53. The molecule has 0 aliphatic carbocycles. The Balaban J connectivity index is 2.21. The van der Waals surface area contributed by atoms with Crippen molar-refractivity contribution in [2.45, 2.75) is 26.2 Å². The van der Waals surface area contributed by atoms with Crippen LogP contribution < -0.4 is 0 Å². The molecule has 0 aromatic carbocycles. The first kappa shape index (κ1) is 12.7. The average Bonchev–Trinajstić information content (AvgIpc) is 2.78. The zero-order valence-electron chi connectivity index (χ0n) is 12.2. The number of hydrogen-bond acceptors (Lipinski definition) is 7. The first-order valence-electron chi connectivity index (χ1n) is 6.33. The van der Waals surface area contributed by atoms with Crippen molar-refractivity contribution in [3.63, 3.8) is 0 Å². The van der Waals surface area contributed by atoms with Crippen molar-refractivity contribution in [2.24, 2.45) is 10.2 Å². The van der Waals surface area contributed by atoms with E-state index in [-0.39, 0.29) is 0 Å². The molecule has 9 heteroatoms. The Morgan fingerprint density at radius 2 is 1.21 bits per heavy atom. The van der Waals surface area contributed by atoms with Crippen LogP contribution in [0.3, 0.4) is 0 Å². The molecule has 3 aliphatic heterocycles. The third-order valence-electron chi connectivity index (χ3n) is 3.47. The summed E-state index contributed by atoms with van der Waals surface area (Å²) < 4.78 is 10.7. The van der Waals surface area contributed by atoms with Gasteiger partial charge in [-0.15, -0.1) is 0 Å². The van der Waals surface area contributed by atoms with Gasteiger partial charge in [0, 0.05) is 14.1 Å². The Morgan fingerprint density at radius 1 is 0.842 bits per heavy atom. The maximum Gasteiger partial charge on any atom is 0.310 e. The van der Waals surface area contributed by atoms with Crippen molar-refractivity contribution in [3.8, 4) is 0 Å². The Morgan fingerprint density at radius 3 is 1.58 bits per heavy atom. The maximum atomic E-state index is 6.52. The van der Waals surface area contributed by atoms with E-state index in [1.54, 1.807) is 0 Å². The van der Waals surface area contributed by atoms with E-state index in [1.165, 1.54) is 0 Å². The largest absolute Gasteiger partial charge is 0.422 e. The fourth-order valence-electron chi connectivity index (χ4n) is 2.77. The lowest BCUT2D eigenvalue weighted by Gasteiger charge is -2.36. The zero-order chi connectivity index (χ0) is 14.0. The second-order valence-electron chi connectivity index (χ2n) is 5.95. The summed E-state index contributed by atoms with van der Waals surface area (Å²) >= 11 is 0. The maximum absolute atomic E-state index is 6.52. The zero-order valence-corrected chi connectivity index (χ0v) is 14.2. The topological polar surface area (TPSA) is 46.9 Å². The highest BCUT2D eigenvalue weighted by Crippen LogP contribution is 2.38. The van der Waals surface area contributed by atoms with Crippen LogP contribution in [-0.2, 0) is 4.12 Å². The Labute approximate surface area is 115 Å². The molecule has 7 nitrogen and oxygen atoms in total. The second-order valence-corrected chi connectivity index (χ2v) is 13.4. The standard InChI is InChI=1S/C10H20N6OSi2/c1-13-7-11-15-9(13)10-14(2)8-12-16(10)19(5,6)17-18(15,3)4/h7-8H,1-6H3. The molecule has 0 saturated carbocycles. The lowest BCUT2D eigenvalue weighted by atomic mass is 10.5. The number of hydrazone groups is 2. The van der Waals surface area contributed by atoms with Crippen LogP contribution in [0, 0.1) is 0 Å². The lowest BCUT2D eigenvalue weighted by Crippen LogP contribution is -2.56. The van der Waals surface area contributed by atoms with Gasteiger partial charge in [-0.3, -0.25) is 0 Å². The summed E-state index contributed by atoms with van der Waals surface area (Å²) in [5.41, 5.74) is 0. The molecule has 0 amide bonds. The number of hydrogen-bond donors (Lipinski definition) is 0. The van der Waals surface area contributed by atoms with Crippen LogP contribution in [0.4, 0.5) is 0 Å². The van der Waals surface area contributed by atoms with Crippen molar-refractivity contribution >= 4 is 29.6 Å². The third-order valence-corrected chi connectivity index (χ3v) is 10.2. The number of nitrogens with zero attached hydrogens (tertiary/aromatic N) is 6. The van der Waals surface area contributed by atoms with Crippen LogP contribution in [-0.4, -0.2) is 62.9 Å². The molecule has 0 radical (unpaired) electrons. The SMILES string of the molecule is CN1C=NN2C1=C1N(C)C=NN1[Si](C)(C)O[Si]2(C)C. The summed E-state index contributed by atoms with van der Waals surface area (Å²) in [4.78, 5) is 4.09. The predicted octanol–water partition coefficient (Wildman–Crippen LogP) is 0.928. The molecule has 0 N–H and O–H groups in total. The number of rotatable bonds is 0. The fraction of sp³-hybridized carbons (Fsp3) is 0.600. The minimum atomic E-state index is -2.09. The smallest absolute Gasteiger partial charge is 0.310 e. The van der Waals surface area contributed by atoms with Crippen molar-refractivity contribution in [1.29, 1.82) is 0 Å². The Kier molecular flexibility index (Phi) is 2.41. The molecular formula is C10H20N6OSi2. The summed E-state index contributed by atoms with van der Waals surface area (Å²) in [5.74, 6) is 2.13. The van der Waals surface area contributed by atoms with Gasteiger partial charge in [-0.2, -0.15) is 10.2 Å². The van der Waals surface area contributed by atoms with Gasteiger partial charge in [-0.25, -0.2) is 9.35 Å². The van der Waals surface area contributed by atoms with Gasteiger partial charge in [0.15, 0.2) is 11.6 Å². The molecule has 3 aliphatic rings. The van der Waals surface area contributed by atoms with Crippen LogP contribution in [0.15, 0.2) is 21.8 Å². The molecule has 0 aromatic rings. The minimum Gasteiger partial charge on any atom is -0.422 e. The van der Waals surface area contributed by atoms with Crippen molar-refractivity contribution in [1.82, 2.24) is 19.1 Å². The Bertz CT molecular complexity index is 470. The fourth-order valence-corrected chi connectivity index (χ4v) is 10.5. The summed E-state index contributed by atoms with van der Waals surface area (Å²) in [6, 6.07) is 0. The van der Waals surface area contributed by atoms with Crippen LogP contribution in [0.1, 0.15) is 0 Å². The number of fused-ring (bicyclic) bond motifs is 2. The molecule has 0 bridgehead atoms. The van der Waals surface area contributed by atoms with E-state index in [0.717, 1.165) is 11.6 Å². The van der Waals surface area contributed by atoms with Crippen molar-refractivity contribution in [2.75, 3.05) is 14.1 Å². The van der Waals surface area contributed by atoms with Gasteiger partial charge < -0.3 is 13.9 Å². The van der Waals surface area contributed by atoms with Gasteiger partial charge in [-0.1, -0.05) is 0 Å². The van der Waals surface area contributed by atoms with Crippen molar-refractivity contribution < 1.29 is 4.12 Å². The monoisotopic (exact) mass is 296 g/mol. The van der Waals surface area contributed by atoms with E-state index in [9.17, 15) is 0 Å². The van der Waals surface area contributed by atoms with Gasteiger partial charge in [0.2, 0.25) is 0 Å². The summed E-state index contributed by atoms with van der Waals surface area (Å²) in [5, 5.41) is 9.08. The molecule has 0 aromatic heterocycles. The van der Waals surface area contributed by atoms with E-state index >= 15 is 0 Å². The molecule has 0 fully saturated rings. The molecule has 3 rings (SSSR count). The van der Waals surface area contributed by atoms with Gasteiger partial charge in [0.25, 0.3) is 0 Å². The highest BCUT2D eigenvalue weighted by atomic mass is 28.4. The molecule has 3 heterocycles. The summed E-state index contributed by atoms with van der Waals surface area (Å²) in [6.45, 7) is 8.74. The van der Waals surface area contributed by atoms with Crippen LogP contribution in [0.5, 0.6) is 0 Å². The first-order valence-corrected chi connectivity index (χ1v) is 12.0. The van der Waals surface area contributed by atoms with Crippen LogP contribution in [0.25, 0.3) is 0 Å². The van der Waals surface area contributed by atoms with E-state index in [1.807, 2.05) is 36.6 Å². The van der Waals surface area contributed by atoms with Gasteiger partial charge in [0.1, 0.15) is 12.7 Å². The van der Waals surface area contributed by atoms with Crippen LogP contribution >= 0.6 is 0 Å². The molecule has 0 spiro atoms. The summed E-state index contributed by atoms with van der Waals surface area (Å²) in [7, 11) is -0.148. The van der Waals surface area contributed by atoms with E-state index < -0.39 is 17.0 Å². The normalized spacial score (nSPS) is 27.1. The highest BCUT2D eigenvalue weighted by molar-refractivity contribution is 6.82. The molecule has 19 heavy (non-hydrogen) atoms. The van der Waals surface area contributed by atoms with E-state index in [0.29, 0.717) is 0 Å². The lowest BCUT2D eigenvalue weighted by molar-refractivity contribution is 0.389.